The molecular weight excluding hydrogens is 349 g/mol. The number of ether oxygens (including phenoxy) is 1. The van der Waals surface area contributed by atoms with Crippen LogP contribution in [0.5, 0.6) is 0 Å². The van der Waals surface area contributed by atoms with Crippen molar-refractivity contribution in [1.29, 1.82) is 0 Å². The minimum absolute atomic E-state index is 0.0836. The third kappa shape index (κ3) is 5.72. The van der Waals surface area contributed by atoms with Crippen molar-refractivity contribution >= 4 is 11.8 Å². The molecule has 0 saturated carbocycles. The van der Waals surface area contributed by atoms with Crippen LogP contribution in [0.25, 0.3) is 0 Å². The predicted octanol–water partition coefficient (Wildman–Crippen LogP) is 2.26. The molecule has 0 aliphatic carbocycles. The summed E-state index contributed by atoms with van der Waals surface area (Å²) in [6.07, 6.45) is -5.19. The van der Waals surface area contributed by atoms with Crippen LogP contribution in [0.3, 0.4) is 0 Å². The fourth-order valence-electron chi connectivity index (χ4n) is 3.01. The summed E-state index contributed by atoms with van der Waals surface area (Å²) in [5, 5.41) is 0. The number of piperazine rings is 1. The Balaban J connectivity index is 2.14. The van der Waals surface area contributed by atoms with E-state index in [1.165, 1.54) is 16.9 Å². The molecule has 1 aliphatic rings. The Bertz CT molecular complexity index is 607. The molecule has 0 bridgehead atoms. The minimum atomic E-state index is -4.28. The number of hydrogen-bond donors (Lipinski definition) is 0. The topological polar surface area (TPSA) is 49.9 Å². The van der Waals surface area contributed by atoms with E-state index >= 15 is 0 Å². The molecule has 2 rings (SSSR count). The third-order valence-corrected chi connectivity index (χ3v) is 4.32. The van der Waals surface area contributed by atoms with Crippen LogP contribution < -0.4 is 0 Å². The number of nitrogens with zero attached hydrogens (tertiary/aromatic N) is 2. The van der Waals surface area contributed by atoms with Crippen molar-refractivity contribution in [3.63, 3.8) is 0 Å². The molecule has 2 amide bonds. The van der Waals surface area contributed by atoms with Crippen LogP contribution in [0, 0.1) is 0 Å². The average Bonchev–Trinajstić information content (AvgIpc) is 2.59. The van der Waals surface area contributed by atoms with Crippen LogP contribution >= 0.6 is 0 Å². The molecule has 1 aromatic rings. The van der Waals surface area contributed by atoms with Crippen LogP contribution in [0.1, 0.15) is 18.4 Å². The summed E-state index contributed by atoms with van der Waals surface area (Å²) < 4.78 is 42.3. The van der Waals surface area contributed by atoms with Crippen molar-refractivity contribution in [2.24, 2.45) is 0 Å². The van der Waals surface area contributed by atoms with E-state index in [0.29, 0.717) is 6.61 Å². The smallest absolute Gasteiger partial charge is 0.383 e. The van der Waals surface area contributed by atoms with Gasteiger partial charge < -0.3 is 14.5 Å². The van der Waals surface area contributed by atoms with E-state index in [-0.39, 0.29) is 44.3 Å². The van der Waals surface area contributed by atoms with Crippen LogP contribution in [0.15, 0.2) is 30.3 Å². The number of halogens is 3. The highest BCUT2D eigenvalue weighted by molar-refractivity contribution is 5.95. The van der Waals surface area contributed by atoms with Gasteiger partial charge in [-0.15, -0.1) is 0 Å². The molecule has 144 valence electrons. The van der Waals surface area contributed by atoms with Crippen LogP contribution in [-0.2, 0) is 20.7 Å². The lowest BCUT2D eigenvalue weighted by molar-refractivity contribution is -0.158. The van der Waals surface area contributed by atoms with Crippen molar-refractivity contribution < 1.29 is 27.5 Å². The SMILES string of the molecule is COCCN1CC(=O)N(CCCC(F)(F)F)[C@H](Cc2ccccc2)C1=O. The number of benzene rings is 1. The molecular formula is C18H23F3N2O3. The molecule has 5 nitrogen and oxygen atoms in total. The van der Waals surface area contributed by atoms with E-state index < -0.39 is 18.6 Å². The summed E-state index contributed by atoms with van der Waals surface area (Å²) in [4.78, 5) is 28.0. The van der Waals surface area contributed by atoms with E-state index in [1.54, 1.807) is 0 Å². The zero-order valence-corrected chi connectivity index (χ0v) is 14.7. The number of alkyl halides is 3. The van der Waals surface area contributed by atoms with Gasteiger partial charge in [0.1, 0.15) is 6.04 Å². The van der Waals surface area contributed by atoms with Crippen LogP contribution in [-0.4, -0.2) is 67.2 Å². The molecule has 0 N–H and O–H groups in total. The summed E-state index contributed by atoms with van der Waals surface area (Å²) in [5.41, 5.74) is 0.855. The first kappa shape index (κ1) is 20.2. The van der Waals surface area contributed by atoms with Gasteiger partial charge in [-0.05, 0) is 12.0 Å². The minimum Gasteiger partial charge on any atom is -0.383 e. The number of hydrogen-bond acceptors (Lipinski definition) is 3. The molecule has 1 atom stereocenters. The number of carbonyl (C=O) groups excluding carboxylic acids is 2. The fourth-order valence-corrected chi connectivity index (χ4v) is 3.01. The molecule has 1 aliphatic heterocycles. The Morgan fingerprint density at radius 1 is 1.15 bits per heavy atom. The summed E-state index contributed by atoms with van der Waals surface area (Å²) in [6, 6.07) is 8.36. The molecule has 26 heavy (non-hydrogen) atoms. The molecule has 0 spiro atoms. The maximum atomic E-state index is 12.8. The first-order chi connectivity index (χ1) is 12.3. The second kappa shape index (κ2) is 9.02. The molecule has 0 radical (unpaired) electrons. The molecule has 0 unspecified atom stereocenters. The number of methoxy groups -OCH3 is 1. The van der Waals surface area contributed by atoms with Crippen molar-refractivity contribution in [2.75, 3.05) is 33.4 Å². The highest BCUT2D eigenvalue weighted by atomic mass is 19.4. The van der Waals surface area contributed by atoms with Crippen molar-refractivity contribution in [1.82, 2.24) is 9.80 Å². The first-order valence-corrected chi connectivity index (χ1v) is 8.49. The number of carbonyl (C=O) groups is 2. The first-order valence-electron chi connectivity index (χ1n) is 8.49. The fraction of sp³-hybridized carbons (Fsp3) is 0.556. The van der Waals surface area contributed by atoms with Crippen LogP contribution in [0.4, 0.5) is 13.2 Å². The lowest BCUT2D eigenvalue weighted by atomic mass is 10.0. The van der Waals surface area contributed by atoms with Gasteiger partial charge in [-0.2, -0.15) is 13.2 Å². The third-order valence-electron chi connectivity index (χ3n) is 4.32. The summed E-state index contributed by atoms with van der Waals surface area (Å²) >= 11 is 0. The largest absolute Gasteiger partial charge is 0.389 e. The van der Waals surface area contributed by atoms with Gasteiger partial charge in [0.05, 0.1) is 13.2 Å². The van der Waals surface area contributed by atoms with Gasteiger partial charge in [0, 0.05) is 33.0 Å². The predicted molar refractivity (Wildman–Crippen MR) is 89.4 cm³/mol. The highest BCUT2D eigenvalue weighted by Gasteiger charge is 2.39. The Morgan fingerprint density at radius 3 is 2.46 bits per heavy atom. The lowest BCUT2D eigenvalue weighted by Crippen LogP contribution is -2.61. The van der Waals surface area contributed by atoms with E-state index in [9.17, 15) is 22.8 Å². The monoisotopic (exact) mass is 372 g/mol. The number of rotatable bonds is 8. The molecule has 1 saturated heterocycles. The Morgan fingerprint density at radius 2 is 1.85 bits per heavy atom. The van der Waals surface area contributed by atoms with Gasteiger partial charge in [0.15, 0.2) is 0 Å². The zero-order chi connectivity index (χ0) is 19.2. The highest BCUT2D eigenvalue weighted by Crippen LogP contribution is 2.23. The Labute approximate surface area is 150 Å². The van der Waals surface area contributed by atoms with Gasteiger partial charge in [-0.3, -0.25) is 9.59 Å². The van der Waals surface area contributed by atoms with Gasteiger partial charge in [0.2, 0.25) is 11.8 Å². The Kier molecular flexibility index (Phi) is 7.02. The zero-order valence-electron chi connectivity index (χ0n) is 14.7. The summed E-state index contributed by atoms with van der Waals surface area (Å²) in [7, 11) is 1.50. The van der Waals surface area contributed by atoms with Crippen LogP contribution in [0.2, 0.25) is 0 Å². The lowest BCUT2D eigenvalue weighted by Gasteiger charge is -2.40. The summed E-state index contributed by atoms with van der Waals surface area (Å²) in [6.45, 7) is 0.368. The van der Waals surface area contributed by atoms with E-state index in [0.717, 1.165) is 5.56 Å². The van der Waals surface area contributed by atoms with Crippen molar-refractivity contribution in [3.05, 3.63) is 35.9 Å². The molecule has 1 fully saturated rings. The van der Waals surface area contributed by atoms with Crippen molar-refractivity contribution in [2.45, 2.75) is 31.5 Å². The average molecular weight is 372 g/mol. The van der Waals surface area contributed by atoms with Gasteiger partial charge in [0.25, 0.3) is 0 Å². The van der Waals surface area contributed by atoms with Gasteiger partial charge in [-0.1, -0.05) is 30.3 Å². The van der Waals surface area contributed by atoms with Gasteiger partial charge in [-0.25, -0.2) is 0 Å². The standard InChI is InChI=1S/C18H23F3N2O3/c1-26-11-10-22-13-16(24)23(9-5-8-18(19,20)21)15(17(22)25)12-14-6-3-2-4-7-14/h2-4,6-7,15H,5,8-13H2,1H3/t15-/m1/s1. The number of amides is 2. The normalized spacial score (nSPS) is 18.5. The van der Waals surface area contributed by atoms with Gasteiger partial charge >= 0.3 is 6.18 Å². The molecule has 8 heteroatoms. The summed E-state index contributed by atoms with van der Waals surface area (Å²) in [5.74, 6) is -0.582. The van der Waals surface area contributed by atoms with E-state index in [4.69, 9.17) is 4.74 Å². The van der Waals surface area contributed by atoms with E-state index in [1.807, 2.05) is 30.3 Å². The molecule has 1 heterocycles. The maximum absolute atomic E-state index is 12.8. The molecule has 1 aromatic carbocycles. The second-order valence-corrected chi connectivity index (χ2v) is 6.26. The molecule has 0 aromatic heterocycles. The Hall–Kier alpha value is -2.09. The quantitative estimate of drug-likeness (QED) is 0.703. The maximum Gasteiger partial charge on any atom is 0.389 e. The van der Waals surface area contributed by atoms with E-state index in [2.05, 4.69) is 0 Å². The second-order valence-electron chi connectivity index (χ2n) is 6.26. The van der Waals surface area contributed by atoms with Crippen molar-refractivity contribution in [3.8, 4) is 0 Å².